The number of fused-ring (bicyclic) bond motifs is 1. The van der Waals surface area contributed by atoms with Crippen LogP contribution in [0.25, 0.3) is 22.0 Å². The summed E-state index contributed by atoms with van der Waals surface area (Å²) in [7, 11) is 0. The van der Waals surface area contributed by atoms with Crippen LogP contribution in [0.5, 0.6) is 0 Å². The van der Waals surface area contributed by atoms with Crippen LogP contribution >= 0.6 is 0 Å². The number of nitrogens with one attached hydrogen (secondary N) is 1. The van der Waals surface area contributed by atoms with E-state index in [0.717, 1.165) is 33.4 Å². The van der Waals surface area contributed by atoms with E-state index in [1.54, 1.807) is 24.4 Å². The van der Waals surface area contributed by atoms with E-state index >= 15 is 0 Å². The number of halogens is 1. The number of carbonyl (C=O) groups is 1. The molecule has 28 heavy (non-hydrogen) atoms. The summed E-state index contributed by atoms with van der Waals surface area (Å²) in [6.45, 7) is 2.20. The normalized spacial score (nSPS) is 10.8. The molecule has 4 aromatic rings. The van der Waals surface area contributed by atoms with E-state index < -0.39 is 0 Å². The van der Waals surface area contributed by atoms with Gasteiger partial charge in [0.15, 0.2) is 0 Å². The molecule has 0 unspecified atom stereocenters. The first-order chi connectivity index (χ1) is 13.6. The molecule has 0 aliphatic heterocycles. The van der Waals surface area contributed by atoms with Crippen LogP contribution in [0.4, 0.5) is 4.39 Å². The van der Waals surface area contributed by atoms with Gasteiger partial charge in [0.05, 0.1) is 23.3 Å². The number of para-hydroxylation sites is 1. The maximum Gasteiger partial charge on any atom is 0.252 e. The van der Waals surface area contributed by atoms with Crippen molar-refractivity contribution in [3.63, 3.8) is 0 Å². The fourth-order valence-electron chi connectivity index (χ4n) is 3.20. The summed E-state index contributed by atoms with van der Waals surface area (Å²) in [5.41, 5.74) is 4.52. The van der Waals surface area contributed by atoms with E-state index in [2.05, 4.69) is 15.3 Å². The number of pyridine rings is 2. The van der Waals surface area contributed by atoms with Crippen LogP contribution in [-0.2, 0) is 6.54 Å². The van der Waals surface area contributed by atoms with Crippen LogP contribution in [0.15, 0.2) is 72.9 Å². The summed E-state index contributed by atoms with van der Waals surface area (Å²) < 4.78 is 13.3. The average molecular weight is 371 g/mol. The highest BCUT2D eigenvalue weighted by Gasteiger charge is 2.15. The van der Waals surface area contributed by atoms with Gasteiger partial charge in [-0.15, -0.1) is 0 Å². The minimum atomic E-state index is -0.289. The molecule has 2 heterocycles. The first kappa shape index (κ1) is 17.8. The lowest BCUT2D eigenvalue weighted by Crippen LogP contribution is -2.23. The van der Waals surface area contributed by atoms with Gasteiger partial charge in [-0.1, -0.05) is 36.4 Å². The van der Waals surface area contributed by atoms with Gasteiger partial charge in [0.25, 0.3) is 5.91 Å². The molecular weight excluding hydrogens is 353 g/mol. The van der Waals surface area contributed by atoms with Gasteiger partial charge in [-0.25, -0.2) is 4.39 Å². The van der Waals surface area contributed by atoms with Gasteiger partial charge in [-0.2, -0.15) is 0 Å². The van der Waals surface area contributed by atoms with Crippen LogP contribution in [-0.4, -0.2) is 15.9 Å². The van der Waals surface area contributed by atoms with Crippen molar-refractivity contribution in [3.05, 3.63) is 95.7 Å². The molecule has 0 saturated heterocycles. The lowest BCUT2D eigenvalue weighted by atomic mass is 9.98. The molecular formula is C23H18FN3O. The second kappa shape index (κ2) is 7.56. The number of hydrogen-bond donors (Lipinski definition) is 1. The van der Waals surface area contributed by atoms with Crippen molar-refractivity contribution in [1.82, 2.24) is 15.3 Å². The van der Waals surface area contributed by atoms with Crippen LogP contribution in [0.2, 0.25) is 0 Å². The molecule has 0 fully saturated rings. The summed E-state index contributed by atoms with van der Waals surface area (Å²) in [4.78, 5) is 21.7. The van der Waals surface area contributed by atoms with Crippen molar-refractivity contribution in [3.8, 4) is 11.1 Å². The van der Waals surface area contributed by atoms with Crippen molar-refractivity contribution in [2.75, 3.05) is 0 Å². The van der Waals surface area contributed by atoms with Crippen molar-refractivity contribution < 1.29 is 9.18 Å². The van der Waals surface area contributed by atoms with Gasteiger partial charge in [0.2, 0.25) is 0 Å². The van der Waals surface area contributed by atoms with Gasteiger partial charge in [-0.05, 0) is 42.8 Å². The predicted octanol–water partition coefficient (Wildman–Crippen LogP) is 4.67. The summed E-state index contributed by atoms with van der Waals surface area (Å²) >= 11 is 0. The minimum Gasteiger partial charge on any atom is -0.346 e. The second-order valence-corrected chi connectivity index (χ2v) is 6.52. The minimum absolute atomic E-state index is 0.183. The lowest BCUT2D eigenvalue weighted by molar-refractivity contribution is 0.0952. The number of hydrogen-bond acceptors (Lipinski definition) is 3. The highest BCUT2D eigenvalue weighted by Crippen LogP contribution is 2.29. The molecule has 0 bridgehead atoms. The third-order valence-electron chi connectivity index (χ3n) is 4.52. The molecule has 0 spiro atoms. The molecule has 0 radical (unpaired) electrons. The van der Waals surface area contributed by atoms with E-state index in [4.69, 9.17) is 0 Å². The summed E-state index contributed by atoms with van der Waals surface area (Å²) in [5, 5.41) is 3.68. The Morgan fingerprint density at radius 1 is 1.04 bits per heavy atom. The maximum atomic E-state index is 13.3. The number of benzene rings is 2. The molecule has 0 atom stereocenters. The van der Waals surface area contributed by atoms with Crippen molar-refractivity contribution in [2.45, 2.75) is 13.5 Å². The second-order valence-electron chi connectivity index (χ2n) is 6.52. The standard InChI is InChI=1S/C23H18FN3O/c1-15-13-21(23(28)26-14-18-5-2-3-12-25-18)20-7-4-6-19(22(20)27-15)16-8-10-17(24)11-9-16/h2-13H,14H2,1H3,(H,26,28). The summed E-state index contributed by atoms with van der Waals surface area (Å²) in [6, 6.07) is 19.3. The van der Waals surface area contributed by atoms with E-state index in [-0.39, 0.29) is 11.7 Å². The van der Waals surface area contributed by atoms with Gasteiger partial charge in [0, 0.05) is 22.8 Å². The monoisotopic (exact) mass is 371 g/mol. The van der Waals surface area contributed by atoms with E-state index in [1.807, 2.05) is 43.3 Å². The third kappa shape index (κ3) is 3.60. The molecule has 1 amide bonds. The first-order valence-electron chi connectivity index (χ1n) is 8.96. The SMILES string of the molecule is Cc1cc(C(=O)NCc2ccccn2)c2cccc(-c3ccc(F)cc3)c2n1. The van der Waals surface area contributed by atoms with Crippen LogP contribution in [0, 0.1) is 12.7 Å². The average Bonchev–Trinajstić information content (AvgIpc) is 2.72. The van der Waals surface area contributed by atoms with E-state index in [0.29, 0.717) is 12.1 Å². The number of rotatable bonds is 4. The molecule has 0 saturated carbocycles. The van der Waals surface area contributed by atoms with Gasteiger partial charge in [-0.3, -0.25) is 14.8 Å². The Bertz CT molecular complexity index is 1140. The molecule has 0 aliphatic carbocycles. The first-order valence-corrected chi connectivity index (χ1v) is 8.96. The number of aromatic nitrogens is 2. The maximum absolute atomic E-state index is 13.3. The van der Waals surface area contributed by atoms with Crippen LogP contribution < -0.4 is 5.32 Å². The van der Waals surface area contributed by atoms with Gasteiger partial charge >= 0.3 is 0 Å². The Labute approximate surface area is 162 Å². The quantitative estimate of drug-likeness (QED) is 0.567. The zero-order valence-electron chi connectivity index (χ0n) is 15.3. The van der Waals surface area contributed by atoms with Crippen molar-refractivity contribution >= 4 is 16.8 Å². The zero-order valence-corrected chi connectivity index (χ0v) is 15.3. The predicted molar refractivity (Wildman–Crippen MR) is 107 cm³/mol. The topological polar surface area (TPSA) is 54.9 Å². The largest absolute Gasteiger partial charge is 0.346 e. The third-order valence-corrected chi connectivity index (χ3v) is 4.52. The molecule has 4 rings (SSSR count). The smallest absolute Gasteiger partial charge is 0.252 e. The van der Waals surface area contributed by atoms with E-state index in [1.165, 1.54) is 12.1 Å². The molecule has 5 heteroatoms. The fraction of sp³-hybridized carbons (Fsp3) is 0.0870. The molecule has 0 aliphatic rings. The molecule has 1 N–H and O–H groups in total. The highest BCUT2D eigenvalue weighted by molar-refractivity contribution is 6.09. The van der Waals surface area contributed by atoms with Crippen LogP contribution in [0.3, 0.4) is 0 Å². The lowest BCUT2D eigenvalue weighted by Gasteiger charge is -2.12. The summed E-state index contributed by atoms with van der Waals surface area (Å²) in [5.74, 6) is -0.472. The zero-order chi connectivity index (χ0) is 19.5. The van der Waals surface area contributed by atoms with Crippen LogP contribution in [0.1, 0.15) is 21.7 Å². The summed E-state index contributed by atoms with van der Waals surface area (Å²) in [6.07, 6.45) is 1.70. The number of aryl methyl sites for hydroxylation is 1. The van der Waals surface area contributed by atoms with Gasteiger partial charge in [0.1, 0.15) is 5.82 Å². The Morgan fingerprint density at radius 3 is 2.61 bits per heavy atom. The molecule has 4 nitrogen and oxygen atoms in total. The fourth-order valence-corrected chi connectivity index (χ4v) is 3.20. The Balaban J connectivity index is 1.74. The molecule has 138 valence electrons. The number of carbonyl (C=O) groups excluding carboxylic acids is 1. The Hall–Kier alpha value is -3.60. The Morgan fingerprint density at radius 2 is 1.86 bits per heavy atom. The molecule has 2 aromatic carbocycles. The Kier molecular flexibility index (Phi) is 4.81. The van der Waals surface area contributed by atoms with Gasteiger partial charge < -0.3 is 5.32 Å². The number of nitrogens with zero attached hydrogens (tertiary/aromatic N) is 2. The number of amides is 1. The van der Waals surface area contributed by atoms with Crippen molar-refractivity contribution in [2.24, 2.45) is 0 Å². The molecule has 2 aromatic heterocycles. The van der Waals surface area contributed by atoms with Crippen molar-refractivity contribution in [1.29, 1.82) is 0 Å². The van der Waals surface area contributed by atoms with E-state index in [9.17, 15) is 9.18 Å². The highest BCUT2D eigenvalue weighted by atomic mass is 19.1.